The lowest BCUT2D eigenvalue weighted by Crippen LogP contribution is -2.26. The largest absolute Gasteiger partial charge is 0.466 e. The van der Waals surface area contributed by atoms with Crippen molar-refractivity contribution < 1.29 is 19.1 Å². The van der Waals surface area contributed by atoms with Crippen LogP contribution in [-0.4, -0.2) is 29.3 Å². The van der Waals surface area contributed by atoms with Crippen LogP contribution in [0.3, 0.4) is 0 Å². The van der Waals surface area contributed by atoms with Gasteiger partial charge >= 0.3 is 12.1 Å². The molecule has 0 aliphatic heterocycles. The van der Waals surface area contributed by atoms with Gasteiger partial charge in [-0.25, -0.2) is 9.59 Å². The van der Waals surface area contributed by atoms with Crippen molar-refractivity contribution in [2.75, 3.05) is 7.11 Å². The van der Waals surface area contributed by atoms with Crippen molar-refractivity contribution in [2.45, 2.75) is 51.6 Å². The fraction of sp³-hybridized carbons (Fsp3) is 0.429. The highest BCUT2D eigenvalue weighted by Crippen LogP contribution is 2.42. The summed E-state index contributed by atoms with van der Waals surface area (Å²) in [6, 6.07) is 7.89. The molecule has 1 saturated carbocycles. The fourth-order valence-electron chi connectivity index (χ4n) is 3.57. The number of benzene rings is 1. The zero-order valence-electron chi connectivity index (χ0n) is 15.7. The van der Waals surface area contributed by atoms with Crippen molar-refractivity contribution in [1.29, 1.82) is 0 Å². The summed E-state index contributed by atoms with van der Waals surface area (Å²) in [7, 11) is 1.39. The topological polar surface area (TPSA) is 57.5 Å². The number of allylic oxidation sites excluding steroid dienone is 1. The first kappa shape index (κ1) is 18.2. The number of rotatable bonds is 2. The van der Waals surface area contributed by atoms with Crippen molar-refractivity contribution in [2.24, 2.45) is 0 Å². The van der Waals surface area contributed by atoms with Gasteiger partial charge in [-0.3, -0.25) is 4.57 Å². The molecular weight excluding hydrogens is 330 g/mol. The van der Waals surface area contributed by atoms with Gasteiger partial charge in [-0.2, -0.15) is 0 Å². The van der Waals surface area contributed by atoms with Crippen molar-refractivity contribution in [1.82, 2.24) is 4.57 Å². The average molecular weight is 355 g/mol. The lowest BCUT2D eigenvalue weighted by Gasteiger charge is -2.20. The maximum Gasteiger partial charge on any atom is 0.418 e. The van der Waals surface area contributed by atoms with Crippen LogP contribution in [0.1, 0.15) is 51.5 Å². The van der Waals surface area contributed by atoms with E-state index in [2.05, 4.69) is 6.07 Å². The molecule has 0 bridgehead atoms. The van der Waals surface area contributed by atoms with Crippen LogP contribution in [0.2, 0.25) is 0 Å². The van der Waals surface area contributed by atoms with Crippen LogP contribution < -0.4 is 0 Å². The zero-order valence-corrected chi connectivity index (χ0v) is 15.7. The quantitative estimate of drug-likeness (QED) is 0.574. The second kappa shape index (κ2) is 6.98. The van der Waals surface area contributed by atoms with Crippen LogP contribution in [0.4, 0.5) is 4.79 Å². The van der Waals surface area contributed by atoms with Gasteiger partial charge in [0, 0.05) is 23.6 Å². The number of aromatic nitrogens is 1. The van der Waals surface area contributed by atoms with Crippen LogP contribution in [0.5, 0.6) is 0 Å². The van der Waals surface area contributed by atoms with Gasteiger partial charge in [0.15, 0.2) is 0 Å². The number of hydrogen-bond acceptors (Lipinski definition) is 4. The van der Waals surface area contributed by atoms with E-state index in [1.54, 1.807) is 16.8 Å². The van der Waals surface area contributed by atoms with Crippen LogP contribution in [0.25, 0.3) is 10.9 Å². The predicted molar refractivity (Wildman–Crippen MR) is 100 cm³/mol. The van der Waals surface area contributed by atoms with Crippen LogP contribution >= 0.6 is 0 Å². The van der Waals surface area contributed by atoms with E-state index >= 15 is 0 Å². The molecular formula is C21H25NO4. The molecule has 26 heavy (non-hydrogen) atoms. The maximum atomic E-state index is 12.5. The number of carbonyl (C=O) groups excluding carboxylic acids is 2. The van der Waals surface area contributed by atoms with Gasteiger partial charge in [-0.1, -0.05) is 17.7 Å². The highest BCUT2D eigenvalue weighted by atomic mass is 16.6. The number of methoxy groups -OCH3 is 1. The van der Waals surface area contributed by atoms with Crippen LogP contribution in [0.15, 0.2) is 42.1 Å². The third kappa shape index (κ3) is 3.66. The molecule has 1 heterocycles. The second-order valence-electron chi connectivity index (χ2n) is 7.63. The van der Waals surface area contributed by atoms with E-state index in [1.165, 1.54) is 7.11 Å². The molecule has 1 fully saturated rings. The van der Waals surface area contributed by atoms with Gasteiger partial charge in [-0.05, 0) is 57.7 Å². The average Bonchev–Trinajstić information content (AvgIpc) is 3.19. The first-order valence-corrected chi connectivity index (χ1v) is 8.92. The molecule has 1 aromatic heterocycles. The van der Waals surface area contributed by atoms with E-state index in [0.717, 1.165) is 41.3 Å². The molecule has 1 aliphatic rings. The molecule has 1 atom stereocenters. The summed E-state index contributed by atoms with van der Waals surface area (Å²) in [4.78, 5) is 24.2. The Morgan fingerprint density at radius 3 is 2.69 bits per heavy atom. The molecule has 0 spiro atoms. The van der Waals surface area contributed by atoms with Gasteiger partial charge in [0.25, 0.3) is 0 Å². The third-order valence-corrected chi connectivity index (χ3v) is 4.64. The predicted octanol–water partition coefficient (Wildman–Crippen LogP) is 4.79. The second-order valence-corrected chi connectivity index (χ2v) is 7.63. The maximum absolute atomic E-state index is 12.5. The van der Waals surface area contributed by atoms with E-state index in [1.807, 2.05) is 39.0 Å². The molecule has 5 heteroatoms. The minimum absolute atomic E-state index is 0.173. The Morgan fingerprint density at radius 1 is 1.23 bits per heavy atom. The minimum atomic E-state index is -0.548. The molecule has 5 nitrogen and oxygen atoms in total. The van der Waals surface area contributed by atoms with Crippen LogP contribution in [-0.2, 0) is 14.3 Å². The summed E-state index contributed by atoms with van der Waals surface area (Å²) >= 11 is 0. The Balaban J connectivity index is 2.00. The fourth-order valence-corrected chi connectivity index (χ4v) is 3.57. The van der Waals surface area contributed by atoms with Crippen molar-refractivity contribution in [3.05, 3.63) is 47.7 Å². The highest BCUT2D eigenvalue weighted by Gasteiger charge is 2.26. The van der Waals surface area contributed by atoms with E-state index in [0.29, 0.717) is 0 Å². The summed E-state index contributed by atoms with van der Waals surface area (Å²) in [6.07, 6.45) is 5.89. The molecule has 3 rings (SSSR count). The number of nitrogens with zero attached hydrogens (tertiary/aromatic N) is 1. The molecule has 0 N–H and O–H groups in total. The van der Waals surface area contributed by atoms with Crippen molar-refractivity contribution >= 4 is 23.0 Å². The number of fused-ring (bicyclic) bond motifs is 1. The molecule has 0 saturated heterocycles. The normalized spacial score (nSPS) is 19.1. The summed E-state index contributed by atoms with van der Waals surface area (Å²) < 4.78 is 11.8. The standard InChI is InChI=1S/C21H25NO4/c1-21(2,3)26-20(24)22-12-11-17-16(9-6-10-18(17)22)15-8-5-7-14(15)13-19(23)25-4/h6,9-13,15H,5,7-8H2,1-4H3/b14-13+/t15-/m1/s1. The van der Waals surface area contributed by atoms with E-state index < -0.39 is 5.60 Å². The van der Waals surface area contributed by atoms with E-state index in [9.17, 15) is 9.59 Å². The van der Waals surface area contributed by atoms with Gasteiger partial charge in [0.2, 0.25) is 0 Å². The first-order chi connectivity index (χ1) is 12.3. The zero-order chi connectivity index (χ0) is 18.9. The van der Waals surface area contributed by atoms with E-state index in [4.69, 9.17) is 9.47 Å². The van der Waals surface area contributed by atoms with Gasteiger partial charge in [0.1, 0.15) is 5.60 Å². The monoisotopic (exact) mass is 355 g/mol. The summed E-state index contributed by atoms with van der Waals surface area (Å²) in [5, 5.41) is 1.01. The minimum Gasteiger partial charge on any atom is -0.466 e. The molecule has 138 valence electrons. The number of hydrogen-bond donors (Lipinski definition) is 0. The lowest BCUT2D eigenvalue weighted by atomic mass is 9.91. The Labute approximate surface area is 153 Å². The third-order valence-electron chi connectivity index (χ3n) is 4.64. The molecule has 0 unspecified atom stereocenters. The van der Waals surface area contributed by atoms with Gasteiger partial charge in [-0.15, -0.1) is 0 Å². The van der Waals surface area contributed by atoms with Crippen molar-refractivity contribution in [3.8, 4) is 0 Å². The first-order valence-electron chi connectivity index (χ1n) is 8.92. The molecule has 2 aromatic rings. The number of esters is 1. The SMILES string of the molecule is COC(=O)/C=C1\CCC[C@H]1c1cccc2c1ccn2C(=O)OC(C)(C)C. The van der Waals surface area contributed by atoms with Gasteiger partial charge < -0.3 is 9.47 Å². The molecule has 0 radical (unpaired) electrons. The summed E-state index contributed by atoms with van der Waals surface area (Å²) in [6.45, 7) is 5.55. The summed E-state index contributed by atoms with van der Waals surface area (Å²) in [5.74, 6) is -0.141. The number of ether oxygens (including phenoxy) is 2. The summed E-state index contributed by atoms with van der Waals surface area (Å²) in [5.41, 5.74) is 2.50. The van der Waals surface area contributed by atoms with Crippen molar-refractivity contribution in [3.63, 3.8) is 0 Å². The van der Waals surface area contributed by atoms with E-state index in [-0.39, 0.29) is 18.0 Å². The Kier molecular flexibility index (Phi) is 4.90. The molecule has 1 aromatic carbocycles. The van der Waals surface area contributed by atoms with Crippen LogP contribution in [0, 0.1) is 0 Å². The Hall–Kier alpha value is -2.56. The molecule has 0 amide bonds. The Bertz CT molecular complexity index is 870. The molecule has 1 aliphatic carbocycles. The Morgan fingerprint density at radius 2 is 2.00 bits per heavy atom. The number of carbonyl (C=O) groups is 2. The van der Waals surface area contributed by atoms with Gasteiger partial charge in [0.05, 0.1) is 12.6 Å². The lowest BCUT2D eigenvalue weighted by molar-refractivity contribution is -0.134. The smallest absolute Gasteiger partial charge is 0.418 e. The highest BCUT2D eigenvalue weighted by molar-refractivity contribution is 5.92.